The van der Waals surface area contributed by atoms with Gasteiger partial charge in [-0.15, -0.1) is 0 Å². The number of aromatic nitrogens is 4. The molecule has 3 atom stereocenters. The monoisotopic (exact) mass is 625 g/mol. The van der Waals surface area contributed by atoms with Gasteiger partial charge in [-0.05, 0) is 76.7 Å². The van der Waals surface area contributed by atoms with Gasteiger partial charge in [-0.3, -0.25) is 14.4 Å². The number of nitrogens with zero attached hydrogens (tertiary/aromatic N) is 8. The summed E-state index contributed by atoms with van der Waals surface area (Å²) in [5.41, 5.74) is 11.9. The van der Waals surface area contributed by atoms with Gasteiger partial charge in [-0.2, -0.15) is 20.3 Å². The maximum atomic E-state index is 12.7. The number of anilines is 2. The van der Waals surface area contributed by atoms with Crippen molar-refractivity contribution in [2.24, 2.45) is 0 Å². The lowest BCUT2D eigenvalue weighted by Crippen LogP contribution is -2.42. The number of aryl methyl sites for hydroxylation is 2. The Kier molecular flexibility index (Phi) is 7.85. The zero-order valence-corrected chi connectivity index (χ0v) is 27.3. The van der Waals surface area contributed by atoms with Gasteiger partial charge in [0.05, 0.1) is 30.1 Å². The lowest BCUT2D eigenvalue weighted by molar-refractivity contribution is -0.0857. The van der Waals surface area contributed by atoms with Gasteiger partial charge in [0.1, 0.15) is 23.6 Å². The molecule has 0 bridgehead atoms. The average molecular weight is 626 g/mol. The number of likely N-dealkylation sites (N-methyl/N-ethyl adjacent to an activating group) is 1. The number of carbonyl (C=O) groups is 1. The smallest absolute Gasteiger partial charge is 0.318 e. The van der Waals surface area contributed by atoms with Crippen molar-refractivity contribution < 1.29 is 14.3 Å². The van der Waals surface area contributed by atoms with Gasteiger partial charge in [0, 0.05) is 56.5 Å². The van der Waals surface area contributed by atoms with Crippen LogP contribution in [0.5, 0.6) is 6.01 Å². The first kappa shape index (κ1) is 30.4. The number of nitrogen functional groups attached to an aromatic ring is 1. The molecule has 1 aliphatic carbocycles. The minimum Gasteiger partial charge on any atom is -0.459 e. The first-order valence-electron chi connectivity index (χ1n) is 16.4. The van der Waals surface area contributed by atoms with Crippen LogP contribution in [0.3, 0.4) is 0 Å². The fourth-order valence-corrected chi connectivity index (χ4v) is 7.91. The third kappa shape index (κ3) is 5.25. The van der Waals surface area contributed by atoms with Crippen LogP contribution >= 0.6 is 0 Å². The molecule has 3 aromatic rings. The van der Waals surface area contributed by atoms with Crippen molar-refractivity contribution in [3.63, 3.8) is 0 Å². The van der Waals surface area contributed by atoms with E-state index in [0.29, 0.717) is 55.1 Å². The average Bonchev–Trinajstić information content (AvgIpc) is 3.60. The van der Waals surface area contributed by atoms with Gasteiger partial charge < -0.3 is 25.0 Å². The highest BCUT2D eigenvalue weighted by Gasteiger charge is 2.45. The fraction of sp³-hybridized carbons (Fsp3) is 0.559. The maximum Gasteiger partial charge on any atom is 0.318 e. The molecule has 1 spiro atoms. The van der Waals surface area contributed by atoms with E-state index in [9.17, 15) is 10.1 Å². The first-order valence-corrected chi connectivity index (χ1v) is 16.4. The summed E-state index contributed by atoms with van der Waals surface area (Å²) in [5, 5.41) is 14.8. The van der Waals surface area contributed by atoms with Crippen LogP contribution in [0.2, 0.25) is 0 Å². The first-order chi connectivity index (χ1) is 22.2. The van der Waals surface area contributed by atoms with Crippen molar-refractivity contribution in [3.8, 4) is 12.1 Å². The van der Waals surface area contributed by atoms with E-state index in [-0.39, 0.29) is 12.0 Å². The van der Waals surface area contributed by atoms with Crippen LogP contribution < -0.4 is 15.4 Å². The molecule has 4 aliphatic rings. The normalized spacial score (nSPS) is 23.2. The quantitative estimate of drug-likeness (QED) is 0.420. The van der Waals surface area contributed by atoms with Crippen molar-refractivity contribution >= 4 is 17.4 Å². The van der Waals surface area contributed by atoms with Gasteiger partial charge in [0.15, 0.2) is 5.69 Å². The summed E-state index contributed by atoms with van der Waals surface area (Å²) in [4.78, 5) is 29.0. The molecule has 1 saturated heterocycles. The Balaban J connectivity index is 1.29. The molecule has 1 fully saturated rings. The highest BCUT2D eigenvalue weighted by Crippen LogP contribution is 2.48. The summed E-state index contributed by atoms with van der Waals surface area (Å²) in [6, 6.07) is 8.81. The largest absolute Gasteiger partial charge is 0.459 e. The minimum atomic E-state index is -0.694. The third-order valence-electron chi connectivity index (χ3n) is 10.3. The van der Waals surface area contributed by atoms with Crippen LogP contribution in [0.15, 0.2) is 18.2 Å². The molecule has 3 aliphatic heterocycles. The Morgan fingerprint density at radius 3 is 2.83 bits per heavy atom. The molecular weight excluding hydrogens is 582 g/mol. The number of nitriles is 1. The van der Waals surface area contributed by atoms with Crippen molar-refractivity contribution in [3.05, 3.63) is 57.5 Å². The molecule has 0 radical (unpaired) electrons. The van der Waals surface area contributed by atoms with E-state index in [2.05, 4.69) is 34.9 Å². The molecular formula is C34H43N9O3. The van der Waals surface area contributed by atoms with Crippen LogP contribution in [0, 0.1) is 11.3 Å². The number of carbonyl (C=O) groups excluding carboxylic acids is 1. The Morgan fingerprint density at radius 2 is 2.07 bits per heavy atom. The highest BCUT2D eigenvalue weighted by atomic mass is 16.5. The van der Waals surface area contributed by atoms with E-state index in [1.54, 1.807) is 19.0 Å². The second kappa shape index (κ2) is 11.9. The van der Waals surface area contributed by atoms with Crippen LogP contribution in [-0.2, 0) is 42.9 Å². The van der Waals surface area contributed by atoms with E-state index in [4.69, 9.17) is 25.2 Å². The Labute approximate surface area is 270 Å². The number of nitrogens with two attached hydrogens (primary N) is 1. The molecule has 46 heavy (non-hydrogen) atoms. The number of benzene rings is 1. The number of fused-ring (bicyclic) bond motifs is 4. The van der Waals surface area contributed by atoms with Crippen molar-refractivity contribution in [2.45, 2.75) is 89.3 Å². The number of hydrogen-bond donors (Lipinski definition) is 1. The van der Waals surface area contributed by atoms with Crippen molar-refractivity contribution in [2.75, 3.05) is 44.9 Å². The van der Waals surface area contributed by atoms with E-state index >= 15 is 0 Å². The zero-order valence-electron chi connectivity index (χ0n) is 27.3. The molecule has 7 rings (SSSR count). The topological polar surface area (TPSA) is 139 Å². The predicted molar refractivity (Wildman–Crippen MR) is 172 cm³/mol. The predicted octanol–water partition coefficient (Wildman–Crippen LogP) is 3.41. The second-order valence-electron chi connectivity index (χ2n) is 13.5. The SMILES string of the molecule is C[C@H](Oc1nc2c(c(N3CCCn4nc(C(=O)N(C)C)cc4C3)n1)CO[C@@]1(CCCc3ccc(N)c(C#N)c31)C2)[C@@H]1CCCN1C. The molecule has 242 valence electrons. The summed E-state index contributed by atoms with van der Waals surface area (Å²) in [7, 11) is 5.62. The molecule has 2 N–H and O–H groups in total. The lowest BCUT2D eigenvalue weighted by Gasteiger charge is -2.43. The highest BCUT2D eigenvalue weighted by molar-refractivity contribution is 5.92. The van der Waals surface area contributed by atoms with Crippen LogP contribution in [0.25, 0.3) is 0 Å². The number of hydrogen-bond acceptors (Lipinski definition) is 10. The Morgan fingerprint density at radius 1 is 1.22 bits per heavy atom. The van der Waals surface area contributed by atoms with Gasteiger partial charge >= 0.3 is 6.01 Å². The third-order valence-corrected chi connectivity index (χ3v) is 10.3. The van der Waals surface area contributed by atoms with E-state index < -0.39 is 5.60 Å². The minimum absolute atomic E-state index is 0.0854. The van der Waals surface area contributed by atoms with Gasteiger partial charge in [0.2, 0.25) is 0 Å². The molecule has 12 nitrogen and oxygen atoms in total. The Bertz CT molecular complexity index is 1710. The van der Waals surface area contributed by atoms with Gasteiger partial charge in [-0.25, -0.2) is 0 Å². The molecule has 1 aromatic carbocycles. The van der Waals surface area contributed by atoms with E-state index in [0.717, 1.165) is 85.5 Å². The number of likely N-dealkylation sites (tertiary alicyclic amines) is 1. The fourth-order valence-electron chi connectivity index (χ4n) is 7.91. The number of rotatable bonds is 5. The molecule has 0 unspecified atom stereocenters. The second-order valence-corrected chi connectivity index (χ2v) is 13.5. The molecule has 0 saturated carbocycles. The van der Waals surface area contributed by atoms with Crippen LogP contribution in [-0.4, -0.2) is 81.8 Å². The maximum absolute atomic E-state index is 12.7. The molecule has 1 amide bonds. The standard InChI is InChI=1S/C34H43N9O3/c1-21(29-9-6-13-41(29)4)46-33-37-28-17-34(12-5-8-22-10-11-26(36)24(18-35)30(22)34)45-20-25(28)31(38-33)42-14-7-15-43-23(19-42)16-27(39-43)32(44)40(2)3/h10-11,16,21,29H,5-9,12-15,17,19-20,36H2,1-4H3/t21-,29-,34-/m0/s1. The molecule has 5 heterocycles. The number of ether oxygens (including phenoxy) is 2. The summed E-state index contributed by atoms with van der Waals surface area (Å²) < 4.78 is 15.3. The van der Waals surface area contributed by atoms with Crippen molar-refractivity contribution in [1.82, 2.24) is 29.5 Å². The van der Waals surface area contributed by atoms with E-state index in [1.165, 1.54) is 0 Å². The van der Waals surface area contributed by atoms with Gasteiger partial charge in [-0.1, -0.05) is 6.07 Å². The summed E-state index contributed by atoms with van der Waals surface area (Å²) >= 11 is 0. The summed E-state index contributed by atoms with van der Waals surface area (Å²) in [5.74, 6) is 0.679. The van der Waals surface area contributed by atoms with E-state index in [1.807, 2.05) is 22.9 Å². The van der Waals surface area contributed by atoms with Crippen LogP contribution in [0.4, 0.5) is 11.5 Å². The summed E-state index contributed by atoms with van der Waals surface area (Å²) in [6.45, 7) is 5.48. The molecule has 12 heteroatoms. The Hall–Kier alpha value is -4.21. The molecule has 2 aromatic heterocycles. The van der Waals surface area contributed by atoms with Gasteiger partial charge in [0.25, 0.3) is 5.91 Å². The zero-order chi connectivity index (χ0) is 32.2. The van der Waals surface area contributed by atoms with Crippen LogP contribution in [0.1, 0.15) is 83.2 Å². The number of amides is 1. The summed E-state index contributed by atoms with van der Waals surface area (Å²) in [6.07, 6.45) is 6.10. The lowest BCUT2D eigenvalue weighted by atomic mass is 9.72. The van der Waals surface area contributed by atoms with Crippen molar-refractivity contribution in [1.29, 1.82) is 5.26 Å².